The lowest BCUT2D eigenvalue weighted by Crippen LogP contribution is -2.33. The van der Waals surface area contributed by atoms with Gasteiger partial charge in [0.2, 0.25) is 0 Å². The van der Waals surface area contributed by atoms with E-state index in [9.17, 15) is 4.79 Å². The molecule has 0 bridgehead atoms. The van der Waals surface area contributed by atoms with Crippen LogP contribution >= 0.6 is 0 Å². The average molecular weight is 296 g/mol. The fraction of sp³-hybridized carbons (Fsp3) is 0.316. The Labute approximate surface area is 132 Å². The highest BCUT2D eigenvalue weighted by Gasteiger charge is 2.18. The molecule has 116 valence electrons. The van der Waals surface area contributed by atoms with Gasteiger partial charge < -0.3 is 10.6 Å². The molecule has 0 aromatic heterocycles. The van der Waals surface area contributed by atoms with E-state index < -0.39 is 0 Å². The number of hydrogen-bond donors (Lipinski definition) is 1. The van der Waals surface area contributed by atoms with Crippen LogP contribution in [-0.2, 0) is 6.54 Å². The van der Waals surface area contributed by atoms with Crippen molar-refractivity contribution >= 4 is 5.91 Å². The van der Waals surface area contributed by atoms with Crippen LogP contribution in [0.3, 0.4) is 0 Å². The van der Waals surface area contributed by atoms with Gasteiger partial charge in [-0.1, -0.05) is 42.5 Å². The molecule has 0 saturated carbocycles. The van der Waals surface area contributed by atoms with Gasteiger partial charge in [0.05, 0.1) is 0 Å². The SMILES string of the molecule is Cc1cccc(C(=O)N(CCCN)Cc2ccccc2)c1C. The molecule has 2 aromatic carbocycles. The number of hydrogen-bond acceptors (Lipinski definition) is 2. The van der Waals surface area contributed by atoms with Crippen molar-refractivity contribution in [3.05, 3.63) is 70.8 Å². The summed E-state index contributed by atoms with van der Waals surface area (Å²) in [6, 6.07) is 16.0. The molecule has 1 amide bonds. The Hall–Kier alpha value is -2.13. The van der Waals surface area contributed by atoms with Crippen molar-refractivity contribution in [1.82, 2.24) is 4.90 Å². The topological polar surface area (TPSA) is 46.3 Å². The molecule has 0 aliphatic heterocycles. The second-order valence-electron chi connectivity index (χ2n) is 5.60. The Morgan fingerprint density at radius 3 is 2.45 bits per heavy atom. The number of nitrogens with two attached hydrogens (primary N) is 1. The van der Waals surface area contributed by atoms with Crippen LogP contribution in [0.15, 0.2) is 48.5 Å². The first-order valence-electron chi connectivity index (χ1n) is 7.73. The monoisotopic (exact) mass is 296 g/mol. The molecule has 0 aliphatic carbocycles. The van der Waals surface area contributed by atoms with Crippen LogP contribution in [0.25, 0.3) is 0 Å². The largest absolute Gasteiger partial charge is 0.334 e. The van der Waals surface area contributed by atoms with Gasteiger partial charge in [-0.3, -0.25) is 4.79 Å². The molecule has 22 heavy (non-hydrogen) atoms. The Balaban J connectivity index is 2.24. The second-order valence-corrected chi connectivity index (χ2v) is 5.60. The van der Waals surface area contributed by atoms with E-state index in [1.165, 1.54) is 0 Å². The molecule has 2 rings (SSSR count). The van der Waals surface area contributed by atoms with Crippen molar-refractivity contribution in [3.63, 3.8) is 0 Å². The zero-order valence-corrected chi connectivity index (χ0v) is 13.4. The minimum absolute atomic E-state index is 0.0819. The first-order chi connectivity index (χ1) is 10.6. The number of amides is 1. The smallest absolute Gasteiger partial charge is 0.254 e. The van der Waals surface area contributed by atoms with E-state index in [1.807, 2.05) is 67.3 Å². The van der Waals surface area contributed by atoms with Crippen molar-refractivity contribution in [3.8, 4) is 0 Å². The minimum Gasteiger partial charge on any atom is -0.334 e. The Morgan fingerprint density at radius 1 is 1.05 bits per heavy atom. The summed E-state index contributed by atoms with van der Waals surface area (Å²) in [6.45, 7) is 5.93. The van der Waals surface area contributed by atoms with E-state index in [1.54, 1.807) is 0 Å². The molecule has 0 unspecified atom stereocenters. The summed E-state index contributed by atoms with van der Waals surface area (Å²) in [4.78, 5) is 14.8. The molecule has 0 heterocycles. The molecular formula is C19H24N2O. The van der Waals surface area contributed by atoms with Crippen LogP contribution in [0.2, 0.25) is 0 Å². The predicted octanol–water partition coefficient (Wildman–Crippen LogP) is 3.29. The Kier molecular flexibility index (Phi) is 5.73. The summed E-state index contributed by atoms with van der Waals surface area (Å²) in [5, 5.41) is 0. The molecule has 0 radical (unpaired) electrons. The van der Waals surface area contributed by atoms with Gasteiger partial charge in [0, 0.05) is 18.7 Å². The number of aryl methyl sites for hydroxylation is 1. The normalized spacial score (nSPS) is 10.5. The zero-order chi connectivity index (χ0) is 15.9. The maximum absolute atomic E-state index is 12.9. The molecule has 3 heteroatoms. The maximum atomic E-state index is 12.9. The summed E-state index contributed by atoms with van der Waals surface area (Å²) in [7, 11) is 0. The van der Waals surface area contributed by atoms with Gasteiger partial charge in [-0.25, -0.2) is 0 Å². The van der Waals surface area contributed by atoms with Crippen molar-refractivity contribution < 1.29 is 4.79 Å². The number of carbonyl (C=O) groups excluding carboxylic acids is 1. The molecule has 2 N–H and O–H groups in total. The lowest BCUT2D eigenvalue weighted by molar-refractivity contribution is 0.0741. The van der Waals surface area contributed by atoms with Crippen molar-refractivity contribution in [2.75, 3.05) is 13.1 Å². The van der Waals surface area contributed by atoms with Gasteiger partial charge in [0.25, 0.3) is 5.91 Å². The van der Waals surface area contributed by atoms with Crippen LogP contribution in [0.1, 0.15) is 33.5 Å². The van der Waals surface area contributed by atoms with E-state index in [-0.39, 0.29) is 5.91 Å². The van der Waals surface area contributed by atoms with E-state index in [0.29, 0.717) is 19.6 Å². The summed E-state index contributed by atoms with van der Waals surface area (Å²) in [6.07, 6.45) is 0.809. The average Bonchev–Trinajstić information content (AvgIpc) is 2.54. The number of carbonyl (C=O) groups is 1. The van der Waals surface area contributed by atoms with Gasteiger partial charge in [0.1, 0.15) is 0 Å². The molecule has 3 nitrogen and oxygen atoms in total. The lowest BCUT2D eigenvalue weighted by Gasteiger charge is -2.24. The van der Waals surface area contributed by atoms with Crippen molar-refractivity contribution in [2.24, 2.45) is 5.73 Å². The molecule has 0 spiro atoms. The van der Waals surface area contributed by atoms with Crippen LogP contribution < -0.4 is 5.73 Å². The van der Waals surface area contributed by atoms with Gasteiger partial charge >= 0.3 is 0 Å². The van der Waals surface area contributed by atoms with Crippen LogP contribution in [0, 0.1) is 13.8 Å². The van der Waals surface area contributed by atoms with Crippen molar-refractivity contribution in [2.45, 2.75) is 26.8 Å². The third-order valence-corrected chi connectivity index (χ3v) is 3.97. The molecule has 0 saturated heterocycles. The van der Waals surface area contributed by atoms with Crippen LogP contribution in [0.5, 0.6) is 0 Å². The van der Waals surface area contributed by atoms with E-state index >= 15 is 0 Å². The second kappa shape index (κ2) is 7.76. The quantitative estimate of drug-likeness (QED) is 0.889. The summed E-state index contributed by atoms with van der Waals surface area (Å²) < 4.78 is 0. The highest BCUT2D eigenvalue weighted by atomic mass is 16.2. The fourth-order valence-electron chi connectivity index (χ4n) is 2.49. The summed E-state index contributed by atoms with van der Waals surface area (Å²) >= 11 is 0. The highest BCUT2D eigenvalue weighted by molar-refractivity contribution is 5.95. The van der Waals surface area contributed by atoms with Gasteiger partial charge in [0.15, 0.2) is 0 Å². The number of benzene rings is 2. The molecule has 0 atom stereocenters. The maximum Gasteiger partial charge on any atom is 0.254 e. The van der Waals surface area contributed by atoms with Crippen LogP contribution in [-0.4, -0.2) is 23.9 Å². The number of nitrogens with zero attached hydrogens (tertiary/aromatic N) is 1. The molecule has 0 fully saturated rings. The van der Waals surface area contributed by atoms with Gasteiger partial charge in [-0.15, -0.1) is 0 Å². The minimum atomic E-state index is 0.0819. The van der Waals surface area contributed by atoms with E-state index in [2.05, 4.69) is 0 Å². The number of rotatable bonds is 6. The standard InChI is InChI=1S/C19H24N2O/c1-15-8-6-11-18(16(15)2)19(22)21(13-7-12-20)14-17-9-4-3-5-10-17/h3-6,8-11H,7,12-14,20H2,1-2H3. The third-order valence-electron chi connectivity index (χ3n) is 3.97. The highest BCUT2D eigenvalue weighted by Crippen LogP contribution is 2.17. The molecular weight excluding hydrogens is 272 g/mol. The fourth-order valence-corrected chi connectivity index (χ4v) is 2.49. The van der Waals surface area contributed by atoms with Crippen molar-refractivity contribution in [1.29, 1.82) is 0 Å². The summed E-state index contributed by atoms with van der Waals surface area (Å²) in [5.41, 5.74) is 9.74. The first kappa shape index (κ1) is 16.2. The zero-order valence-electron chi connectivity index (χ0n) is 13.4. The van der Waals surface area contributed by atoms with E-state index in [0.717, 1.165) is 28.7 Å². The van der Waals surface area contributed by atoms with E-state index in [4.69, 9.17) is 5.73 Å². The Bertz CT molecular complexity index is 623. The first-order valence-corrected chi connectivity index (χ1v) is 7.73. The summed E-state index contributed by atoms with van der Waals surface area (Å²) in [5.74, 6) is 0.0819. The van der Waals surface area contributed by atoms with Gasteiger partial charge in [-0.2, -0.15) is 0 Å². The third kappa shape index (κ3) is 3.95. The van der Waals surface area contributed by atoms with Gasteiger partial charge in [-0.05, 0) is 49.6 Å². The lowest BCUT2D eigenvalue weighted by atomic mass is 10.0. The predicted molar refractivity (Wildman–Crippen MR) is 90.8 cm³/mol. The molecule has 2 aromatic rings. The van der Waals surface area contributed by atoms with Crippen LogP contribution in [0.4, 0.5) is 0 Å². The Morgan fingerprint density at radius 2 is 1.77 bits per heavy atom. The molecule has 0 aliphatic rings.